The lowest BCUT2D eigenvalue weighted by atomic mass is 10.1. The smallest absolute Gasteiger partial charge is 0.330 e. The van der Waals surface area contributed by atoms with E-state index < -0.39 is 11.9 Å². The lowest BCUT2D eigenvalue weighted by Crippen LogP contribution is -2.06. The first-order chi connectivity index (χ1) is 26.4. The Hall–Kier alpha value is -7.07. The highest BCUT2D eigenvalue weighted by Crippen LogP contribution is 2.30. The van der Waals surface area contributed by atoms with E-state index in [0.717, 1.165) is 34.4 Å². The topological polar surface area (TPSA) is 165 Å². The van der Waals surface area contributed by atoms with Gasteiger partial charge in [-0.25, -0.2) is 29.5 Å². The van der Waals surface area contributed by atoms with Crippen LogP contribution in [0, 0.1) is 11.3 Å². The molecule has 5 aromatic rings. The molecule has 0 N–H and O–H groups in total. The number of nitrogens with zero attached hydrogens (tertiary/aromatic N) is 5. The molecule has 0 saturated heterocycles. The van der Waals surface area contributed by atoms with Crippen molar-refractivity contribution in [2.45, 2.75) is 26.1 Å². The minimum atomic E-state index is -0.466. The number of esters is 2. The molecule has 5 rings (SSSR count). The van der Waals surface area contributed by atoms with Crippen LogP contribution in [0.3, 0.4) is 0 Å². The Bertz CT molecular complexity index is 2050. The number of aromatic nitrogens is 4. The molecule has 0 spiro atoms. The standard InChI is InChI=1S/C41H37N5O8/c1-3-38(47)51-19-5-17-49-34-23-43-40(44-24-34)32-12-7-29(8-13-32)27-53-36-16-11-31(22-42)21-37(36)54-28-30-9-14-33(15-10-30)41-45-25-35(26-46-41)50-18-6-20-52-39(48)4-2/h3-4,7-16,21,23-26H,1-2,5-6,17-20,27-28H2. The van der Waals surface area contributed by atoms with Crippen LogP contribution < -0.4 is 18.9 Å². The summed E-state index contributed by atoms with van der Waals surface area (Å²) in [6.07, 6.45) is 9.67. The second-order valence-electron chi connectivity index (χ2n) is 11.4. The number of hydrogen-bond donors (Lipinski definition) is 0. The van der Waals surface area contributed by atoms with Crippen LogP contribution in [0.15, 0.2) is 117 Å². The first-order valence-corrected chi connectivity index (χ1v) is 16.9. The van der Waals surface area contributed by atoms with Gasteiger partial charge in [0, 0.05) is 42.2 Å². The first-order valence-electron chi connectivity index (χ1n) is 16.9. The van der Waals surface area contributed by atoms with Crippen LogP contribution in [0.2, 0.25) is 0 Å². The van der Waals surface area contributed by atoms with Gasteiger partial charge in [0.1, 0.15) is 13.2 Å². The Kier molecular flexibility index (Phi) is 14.2. The van der Waals surface area contributed by atoms with Gasteiger partial charge in [0.05, 0.1) is 62.8 Å². The molecule has 2 heterocycles. The summed E-state index contributed by atoms with van der Waals surface area (Å²) in [6.45, 7) is 8.40. The van der Waals surface area contributed by atoms with Gasteiger partial charge < -0.3 is 28.4 Å². The van der Waals surface area contributed by atoms with E-state index in [0.29, 0.717) is 66.3 Å². The van der Waals surface area contributed by atoms with Crippen molar-refractivity contribution in [3.8, 4) is 51.8 Å². The van der Waals surface area contributed by atoms with Gasteiger partial charge in [0.15, 0.2) is 34.6 Å². The van der Waals surface area contributed by atoms with Crippen molar-refractivity contribution in [1.82, 2.24) is 19.9 Å². The quantitative estimate of drug-likeness (QED) is 0.0477. The van der Waals surface area contributed by atoms with Gasteiger partial charge in [-0.3, -0.25) is 0 Å². The largest absolute Gasteiger partial charge is 0.490 e. The summed E-state index contributed by atoms with van der Waals surface area (Å²) in [5.74, 6) is 2.12. The lowest BCUT2D eigenvalue weighted by molar-refractivity contribution is -0.138. The third-order valence-electron chi connectivity index (χ3n) is 7.48. The highest BCUT2D eigenvalue weighted by atomic mass is 16.5. The maximum Gasteiger partial charge on any atom is 0.330 e. The van der Waals surface area contributed by atoms with Gasteiger partial charge in [0.2, 0.25) is 0 Å². The van der Waals surface area contributed by atoms with Gasteiger partial charge >= 0.3 is 11.9 Å². The highest BCUT2D eigenvalue weighted by Gasteiger charge is 2.10. The fourth-order valence-electron chi connectivity index (χ4n) is 4.67. The normalized spacial score (nSPS) is 10.4. The molecule has 0 aliphatic heterocycles. The first kappa shape index (κ1) is 38.2. The van der Waals surface area contributed by atoms with E-state index in [1.54, 1.807) is 43.0 Å². The van der Waals surface area contributed by atoms with E-state index in [1.165, 1.54) is 0 Å². The van der Waals surface area contributed by atoms with E-state index in [2.05, 4.69) is 39.2 Å². The van der Waals surface area contributed by atoms with Crippen LogP contribution >= 0.6 is 0 Å². The van der Waals surface area contributed by atoms with Gasteiger partial charge in [-0.1, -0.05) is 61.7 Å². The minimum Gasteiger partial charge on any atom is -0.490 e. The number of carbonyl (C=O) groups is 2. The zero-order valence-electron chi connectivity index (χ0n) is 29.4. The van der Waals surface area contributed by atoms with Gasteiger partial charge in [-0.2, -0.15) is 5.26 Å². The van der Waals surface area contributed by atoms with E-state index in [9.17, 15) is 14.9 Å². The number of rotatable bonds is 20. The predicted octanol–water partition coefficient (Wildman–Crippen LogP) is 6.63. The Morgan fingerprint density at radius 1 is 0.593 bits per heavy atom. The summed E-state index contributed by atoms with van der Waals surface area (Å²) < 4.78 is 33.3. The Morgan fingerprint density at radius 2 is 1.04 bits per heavy atom. The van der Waals surface area contributed by atoms with E-state index in [-0.39, 0.29) is 26.4 Å². The summed E-state index contributed by atoms with van der Waals surface area (Å²) in [5.41, 5.74) is 3.90. The summed E-state index contributed by atoms with van der Waals surface area (Å²) in [7, 11) is 0. The number of hydrogen-bond acceptors (Lipinski definition) is 13. The molecule has 13 heteroatoms. The van der Waals surface area contributed by atoms with E-state index in [4.69, 9.17) is 28.4 Å². The van der Waals surface area contributed by atoms with Crippen molar-refractivity contribution in [3.05, 3.63) is 134 Å². The molecule has 3 aromatic carbocycles. The summed E-state index contributed by atoms with van der Waals surface area (Å²) in [5, 5.41) is 9.49. The molecule has 13 nitrogen and oxygen atoms in total. The van der Waals surface area contributed by atoms with Crippen molar-refractivity contribution in [1.29, 1.82) is 5.26 Å². The average Bonchev–Trinajstić information content (AvgIpc) is 3.22. The maximum absolute atomic E-state index is 11.1. The maximum atomic E-state index is 11.1. The van der Waals surface area contributed by atoms with Crippen molar-refractivity contribution < 1.29 is 38.0 Å². The van der Waals surface area contributed by atoms with E-state index >= 15 is 0 Å². The second-order valence-corrected chi connectivity index (χ2v) is 11.4. The number of ether oxygens (including phenoxy) is 6. The number of benzene rings is 3. The Morgan fingerprint density at radius 3 is 1.46 bits per heavy atom. The minimum absolute atomic E-state index is 0.237. The lowest BCUT2D eigenvalue weighted by Gasteiger charge is -2.14. The van der Waals surface area contributed by atoms with Crippen molar-refractivity contribution in [2.24, 2.45) is 0 Å². The SMILES string of the molecule is C=CC(=O)OCCCOc1cnc(-c2ccc(COc3ccc(C#N)cc3OCc3ccc(-c4ncc(OCCCOC(=O)C=C)cn4)cc3)cc2)nc1. The van der Waals surface area contributed by atoms with Gasteiger partial charge in [-0.05, 0) is 23.3 Å². The molecule has 0 bridgehead atoms. The summed E-state index contributed by atoms with van der Waals surface area (Å²) in [4.78, 5) is 39.8. The zero-order chi connectivity index (χ0) is 38.0. The predicted molar refractivity (Wildman–Crippen MR) is 197 cm³/mol. The van der Waals surface area contributed by atoms with Crippen LogP contribution in [0.5, 0.6) is 23.0 Å². The third kappa shape index (κ3) is 11.7. The molecule has 0 unspecified atom stereocenters. The molecular weight excluding hydrogens is 690 g/mol. The molecule has 0 aliphatic carbocycles. The molecule has 0 atom stereocenters. The van der Waals surface area contributed by atoms with Crippen LogP contribution in [-0.2, 0) is 32.3 Å². The fraction of sp³-hybridized carbons (Fsp3) is 0.195. The molecule has 0 fully saturated rings. The van der Waals surface area contributed by atoms with Crippen LogP contribution in [0.1, 0.15) is 29.5 Å². The van der Waals surface area contributed by atoms with E-state index in [1.807, 2.05) is 48.5 Å². The monoisotopic (exact) mass is 727 g/mol. The Balaban J connectivity index is 1.10. The molecule has 274 valence electrons. The zero-order valence-corrected chi connectivity index (χ0v) is 29.4. The van der Waals surface area contributed by atoms with Gasteiger partial charge in [0.25, 0.3) is 0 Å². The molecular formula is C41H37N5O8. The molecule has 0 saturated carbocycles. The van der Waals surface area contributed by atoms with Crippen molar-refractivity contribution in [3.63, 3.8) is 0 Å². The molecule has 54 heavy (non-hydrogen) atoms. The van der Waals surface area contributed by atoms with Crippen molar-refractivity contribution in [2.75, 3.05) is 26.4 Å². The molecule has 0 aliphatic rings. The fourth-order valence-corrected chi connectivity index (χ4v) is 4.67. The summed E-state index contributed by atoms with van der Waals surface area (Å²) in [6, 6.07) is 22.5. The van der Waals surface area contributed by atoms with Crippen LogP contribution in [0.4, 0.5) is 0 Å². The van der Waals surface area contributed by atoms with Crippen LogP contribution in [-0.4, -0.2) is 58.3 Å². The number of nitriles is 1. The second kappa shape index (κ2) is 20.1. The van der Waals surface area contributed by atoms with Crippen molar-refractivity contribution >= 4 is 11.9 Å². The van der Waals surface area contributed by atoms with Gasteiger partial charge in [-0.15, -0.1) is 0 Å². The third-order valence-corrected chi connectivity index (χ3v) is 7.48. The van der Waals surface area contributed by atoms with Crippen LogP contribution in [0.25, 0.3) is 22.8 Å². The molecule has 0 radical (unpaired) electrons. The highest BCUT2D eigenvalue weighted by molar-refractivity contribution is 5.81. The Labute approximate surface area is 312 Å². The average molecular weight is 728 g/mol. The molecule has 2 aromatic heterocycles. The molecule has 0 amide bonds. The number of carbonyl (C=O) groups excluding carboxylic acids is 2. The summed E-state index contributed by atoms with van der Waals surface area (Å²) >= 11 is 0.